The van der Waals surface area contributed by atoms with Gasteiger partial charge in [0.1, 0.15) is 0 Å². The summed E-state index contributed by atoms with van der Waals surface area (Å²) in [7, 11) is 0. The van der Waals surface area contributed by atoms with Crippen LogP contribution >= 0.6 is 0 Å². The molecule has 0 N–H and O–H groups in total. The maximum Gasteiger partial charge on any atom is 0.257 e. The first-order chi connectivity index (χ1) is 13.3. The molecule has 0 radical (unpaired) electrons. The van der Waals surface area contributed by atoms with Crippen molar-refractivity contribution in [2.45, 2.75) is 31.5 Å². The lowest BCUT2D eigenvalue weighted by atomic mass is 10.0. The molecule has 6 nitrogen and oxygen atoms in total. The standard InChI is InChI=1S/C21H26N4O2/c26-21(18-10-22-24(12-18)11-16-4-2-1-3-5-16)23-8-9-25-19(13-23)14-27-15-20(25)17-6-7-17/h1-5,10,12,17,19-20H,6-9,11,13-15H2/t19-,20-/m1/s1. The molecule has 142 valence electrons. The van der Waals surface area contributed by atoms with E-state index >= 15 is 0 Å². The van der Waals surface area contributed by atoms with E-state index in [0.717, 1.165) is 38.8 Å². The SMILES string of the molecule is O=C(c1cnn(Cc2ccccc2)c1)N1CCN2[C@@H](COC[C@@H]2C2CC2)C1. The van der Waals surface area contributed by atoms with Gasteiger partial charge in [-0.25, -0.2) is 0 Å². The molecule has 27 heavy (non-hydrogen) atoms. The van der Waals surface area contributed by atoms with Crippen LogP contribution in [-0.4, -0.2) is 70.4 Å². The van der Waals surface area contributed by atoms with Gasteiger partial charge >= 0.3 is 0 Å². The van der Waals surface area contributed by atoms with E-state index in [0.29, 0.717) is 24.2 Å². The summed E-state index contributed by atoms with van der Waals surface area (Å²) < 4.78 is 7.70. The molecule has 2 saturated heterocycles. The number of morpholine rings is 1. The molecule has 0 spiro atoms. The van der Waals surface area contributed by atoms with Gasteiger partial charge in [0, 0.05) is 31.9 Å². The lowest BCUT2D eigenvalue weighted by Crippen LogP contribution is -2.63. The zero-order chi connectivity index (χ0) is 18.2. The van der Waals surface area contributed by atoms with Crippen molar-refractivity contribution in [3.05, 3.63) is 53.9 Å². The molecule has 1 aromatic heterocycles. The van der Waals surface area contributed by atoms with Crippen LogP contribution in [0.15, 0.2) is 42.7 Å². The molecule has 2 aromatic rings. The molecule has 2 atom stereocenters. The summed E-state index contributed by atoms with van der Waals surface area (Å²) >= 11 is 0. The van der Waals surface area contributed by atoms with Crippen LogP contribution in [0.2, 0.25) is 0 Å². The van der Waals surface area contributed by atoms with Crippen molar-refractivity contribution < 1.29 is 9.53 Å². The fraction of sp³-hybridized carbons (Fsp3) is 0.524. The van der Waals surface area contributed by atoms with Crippen molar-refractivity contribution in [2.24, 2.45) is 5.92 Å². The molecule has 2 aliphatic heterocycles. The normalized spacial score (nSPS) is 26.0. The second-order valence-electron chi connectivity index (χ2n) is 8.00. The topological polar surface area (TPSA) is 50.6 Å². The Morgan fingerprint density at radius 1 is 1.15 bits per heavy atom. The van der Waals surface area contributed by atoms with E-state index in [-0.39, 0.29) is 5.91 Å². The first-order valence-electron chi connectivity index (χ1n) is 9.97. The second-order valence-corrected chi connectivity index (χ2v) is 8.00. The Morgan fingerprint density at radius 3 is 2.81 bits per heavy atom. The summed E-state index contributed by atoms with van der Waals surface area (Å²) in [5.41, 5.74) is 1.86. The van der Waals surface area contributed by atoms with Gasteiger partial charge in [-0.15, -0.1) is 0 Å². The van der Waals surface area contributed by atoms with Crippen molar-refractivity contribution in [3.8, 4) is 0 Å². The highest BCUT2D eigenvalue weighted by atomic mass is 16.5. The molecular formula is C21H26N4O2. The largest absolute Gasteiger partial charge is 0.378 e. The minimum atomic E-state index is 0.0857. The van der Waals surface area contributed by atoms with E-state index in [1.165, 1.54) is 18.4 Å². The number of rotatable bonds is 4. The molecule has 1 saturated carbocycles. The molecule has 0 bridgehead atoms. The van der Waals surface area contributed by atoms with Crippen LogP contribution in [-0.2, 0) is 11.3 Å². The van der Waals surface area contributed by atoms with Crippen molar-refractivity contribution >= 4 is 5.91 Å². The second kappa shape index (κ2) is 7.09. The summed E-state index contributed by atoms with van der Waals surface area (Å²) in [6.07, 6.45) is 6.23. The summed E-state index contributed by atoms with van der Waals surface area (Å²) in [5.74, 6) is 0.897. The number of hydrogen-bond donors (Lipinski definition) is 0. The first kappa shape index (κ1) is 17.0. The van der Waals surface area contributed by atoms with Gasteiger partial charge in [0.25, 0.3) is 5.91 Å². The van der Waals surface area contributed by atoms with Crippen molar-refractivity contribution in [1.29, 1.82) is 0 Å². The summed E-state index contributed by atoms with van der Waals surface area (Å²) in [6.45, 7) is 4.79. The number of hydrogen-bond acceptors (Lipinski definition) is 4. The molecule has 5 rings (SSSR count). The third kappa shape index (κ3) is 3.51. The minimum Gasteiger partial charge on any atom is -0.378 e. The zero-order valence-corrected chi connectivity index (χ0v) is 15.5. The van der Waals surface area contributed by atoms with Crippen molar-refractivity contribution in [3.63, 3.8) is 0 Å². The zero-order valence-electron chi connectivity index (χ0n) is 15.5. The van der Waals surface area contributed by atoms with Gasteiger partial charge in [0.05, 0.1) is 37.6 Å². The number of ether oxygens (including phenoxy) is 1. The average molecular weight is 366 g/mol. The number of nitrogens with zero attached hydrogens (tertiary/aromatic N) is 4. The Labute approximate surface area is 159 Å². The van der Waals surface area contributed by atoms with Crippen LogP contribution in [0.3, 0.4) is 0 Å². The van der Waals surface area contributed by atoms with Gasteiger partial charge in [0.15, 0.2) is 0 Å². The Balaban J connectivity index is 1.24. The molecule has 1 aromatic carbocycles. The fourth-order valence-corrected chi connectivity index (χ4v) is 4.46. The number of amides is 1. The highest BCUT2D eigenvalue weighted by Crippen LogP contribution is 2.38. The molecular weight excluding hydrogens is 340 g/mol. The molecule has 3 fully saturated rings. The molecule has 1 amide bonds. The average Bonchev–Trinajstić information content (AvgIpc) is 3.46. The van der Waals surface area contributed by atoms with Crippen molar-refractivity contribution in [1.82, 2.24) is 19.6 Å². The summed E-state index contributed by atoms with van der Waals surface area (Å²) in [4.78, 5) is 17.6. The van der Waals surface area contributed by atoms with Crippen LogP contribution in [0.5, 0.6) is 0 Å². The van der Waals surface area contributed by atoms with Crippen LogP contribution in [0.1, 0.15) is 28.8 Å². The van der Waals surface area contributed by atoms with E-state index in [1.54, 1.807) is 6.20 Å². The predicted octanol–water partition coefficient (Wildman–Crippen LogP) is 1.87. The first-order valence-corrected chi connectivity index (χ1v) is 9.97. The van der Waals surface area contributed by atoms with E-state index in [4.69, 9.17) is 4.74 Å². The Bertz CT molecular complexity index is 802. The number of fused-ring (bicyclic) bond motifs is 1. The predicted molar refractivity (Wildman–Crippen MR) is 101 cm³/mol. The van der Waals surface area contributed by atoms with E-state index in [1.807, 2.05) is 34.0 Å². The van der Waals surface area contributed by atoms with Gasteiger partial charge < -0.3 is 9.64 Å². The fourth-order valence-electron chi connectivity index (χ4n) is 4.46. The lowest BCUT2D eigenvalue weighted by molar-refractivity contribution is -0.0816. The number of benzene rings is 1. The van der Waals surface area contributed by atoms with E-state index in [2.05, 4.69) is 22.1 Å². The lowest BCUT2D eigenvalue weighted by Gasteiger charge is -2.48. The van der Waals surface area contributed by atoms with Gasteiger partial charge in [-0.2, -0.15) is 5.10 Å². The monoisotopic (exact) mass is 366 g/mol. The maximum absolute atomic E-state index is 13.0. The molecule has 3 heterocycles. The minimum absolute atomic E-state index is 0.0857. The van der Waals surface area contributed by atoms with E-state index in [9.17, 15) is 4.79 Å². The highest BCUT2D eigenvalue weighted by Gasteiger charge is 2.43. The molecule has 1 aliphatic carbocycles. The third-order valence-corrected chi connectivity index (χ3v) is 6.07. The third-order valence-electron chi connectivity index (χ3n) is 6.07. The van der Waals surface area contributed by atoms with Crippen LogP contribution in [0, 0.1) is 5.92 Å². The maximum atomic E-state index is 13.0. The highest BCUT2D eigenvalue weighted by molar-refractivity contribution is 5.93. The Hall–Kier alpha value is -2.18. The quantitative estimate of drug-likeness (QED) is 0.829. The van der Waals surface area contributed by atoms with Gasteiger partial charge in [-0.05, 0) is 24.3 Å². The summed E-state index contributed by atoms with van der Waals surface area (Å²) in [5, 5.41) is 4.39. The Morgan fingerprint density at radius 2 is 2.00 bits per heavy atom. The number of piperazine rings is 1. The van der Waals surface area contributed by atoms with Crippen molar-refractivity contribution in [2.75, 3.05) is 32.8 Å². The van der Waals surface area contributed by atoms with Crippen LogP contribution in [0.4, 0.5) is 0 Å². The van der Waals surface area contributed by atoms with Crippen LogP contribution < -0.4 is 0 Å². The Kier molecular flexibility index (Phi) is 4.45. The molecule has 6 heteroatoms. The van der Waals surface area contributed by atoms with Gasteiger partial charge in [-0.1, -0.05) is 30.3 Å². The number of carbonyl (C=O) groups excluding carboxylic acids is 1. The molecule has 3 aliphatic rings. The van der Waals surface area contributed by atoms with Gasteiger partial charge in [0.2, 0.25) is 0 Å². The smallest absolute Gasteiger partial charge is 0.257 e. The molecule has 0 unspecified atom stereocenters. The number of aromatic nitrogens is 2. The summed E-state index contributed by atoms with van der Waals surface area (Å²) in [6, 6.07) is 11.1. The van der Waals surface area contributed by atoms with Gasteiger partial charge in [-0.3, -0.25) is 14.4 Å². The van der Waals surface area contributed by atoms with Crippen LogP contribution in [0.25, 0.3) is 0 Å². The number of carbonyl (C=O) groups is 1. The van der Waals surface area contributed by atoms with E-state index < -0.39 is 0 Å².